The lowest BCUT2D eigenvalue weighted by molar-refractivity contribution is -0.137. The van der Waals surface area contributed by atoms with Gasteiger partial charge in [0.05, 0.1) is 36.4 Å². The van der Waals surface area contributed by atoms with Crippen LogP contribution in [0.3, 0.4) is 0 Å². The number of fused-ring (bicyclic) bond motifs is 1. The number of benzene rings is 2. The van der Waals surface area contributed by atoms with E-state index in [0.29, 0.717) is 13.0 Å². The van der Waals surface area contributed by atoms with Crippen molar-refractivity contribution in [1.29, 1.82) is 0 Å². The molecule has 1 aliphatic heterocycles. The molecule has 1 atom stereocenters. The molecule has 31 heavy (non-hydrogen) atoms. The van der Waals surface area contributed by atoms with E-state index in [1.807, 2.05) is 30.0 Å². The van der Waals surface area contributed by atoms with Gasteiger partial charge in [-0.1, -0.05) is 18.2 Å². The van der Waals surface area contributed by atoms with E-state index >= 15 is 0 Å². The molecule has 4 aromatic rings. The van der Waals surface area contributed by atoms with Crippen molar-refractivity contribution in [3.05, 3.63) is 70.4 Å². The molecule has 158 valence electrons. The number of piperidine rings is 1. The fourth-order valence-corrected chi connectivity index (χ4v) is 5.13. The van der Waals surface area contributed by atoms with Gasteiger partial charge >= 0.3 is 0 Å². The SMILES string of the molecule is COc1ccc2cocc2c1C1CCCC(=O)N1Cc1cccc(-c2csc(C)n2)c1. The number of carbonyl (C=O) groups excluding carboxylic acids is 1. The van der Waals surface area contributed by atoms with E-state index in [2.05, 4.69) is 28.6 Å². The highest BCUT2D eigenvalue weighted by molar-refractivity contribution is 7.09. The van der Waals surface area contributed by atoms with E-state index < -0.39 is 0 Å². The van der Waals surface area contributed by atoms with Crippen LogP contribution in [0.4, 0.5) is 0 Å². The molecule has 1 unspecified atom stereocenters. The summed E-state index contributed by atoms with van der Waals surface area (Å²) >= 11 is 1.65. The highest BCUT2D eigenvalue weighted by Gasteiger charge is 2.32. The Bertz CT molecular complexity index is 1240. The number of rotatable bonds is 5. The molecule has 2 aromatic carbocycles. The topological polar surface area (TPSA) is 55.6 Å². The van der Waals surface area contributed by atoms with E-state index in [4.69, 9.17) is 9.15 Å². The number of aromatic nitrogens is 1. The van der Waals surface area contributed by atoms with Gasteiger partial charge in [-0.2, -0.15) is 0 Å². The minimum absolute atomic E-state index is 0.0531. The normalized spacial score (nSPS) is 16.8. The van der Waals surface area contributed by atoms with Crippen LogP contribution < -0.4 is 4.74 Å². The van der Waals surface area contributed by atoms with E-state index in [-0.39, 0.29) is 11.9 Å². The zero-order chi connectivity index (χ0) is 21.4. The first kappa shape index (κ1) is 19.8. The Morgan fingerprint density at radius 1 is 1.26 bits per heavy atom. The lowest BCUT2D eigenvalue weighted by Gasteiger charge is -2.37. The summed E-state index contributed by atoms with van der Waals surface area (Å²) in [5.74, 6) is 0.971. The van der Waals surface area contributed by atoms with Crippen molar-refractivity contribution < 1.29 is 13.9 Å². The molecule has 0 aliphatic carbocycles. The predicted molar refractivity (Wildman–Crippen MR) is 122 cm³/mol. The fourth-order valence-electron chi connectivity index (χ4n) is 4.50. The molecule has 0 bridgehead atoms. The number of methoxy groups -OCH3 is 1. The van der Waals surface area contributed by atoms with Gasteiger partial charge in [0.25, 0.3) is 0 Å². The van der Waals surface area contributed by atoms with E-state index in [1.165, 1.54) is 0 Å². The van der Waals surface area contributed by atoms with Crippen molar-refractivity contribution >= 4 is 28.0 Å². The standard InChI is InChI=1S/C25H24N2O3S/c1-16-26-21(15-31-16)18-6-3-5-17(11-18)12-27-22(7-4-8-24(27)28)25-20-14-30-13-19(20)9-10-23(25)29-2/h3,5-6,9-11,13-15,22H,4,7-8,12H2,1-2H3. The van der Waals surface area contributed by atoms with Crippen molar-refractivity contribution in [3.63, 3.8) is 0 Å². The van der Waals surface area contributed by atoms with E-state index in [1.54, 1.807) is 31.0 Å². The monoisotopic (exact) mass is 432 g/mol. The van der Waals surface area contributed by atoms with Crippen LogP contribution in [0.25, 0.3) is 22.0 Å². The summed E-state index contributed by atoms with van der Waals surface area (Å²) < 4.78 is 11.2. The Kier molecular flexibility index (Phi) is 5.24. The van der Waals surface area contributed by atoms with Gasteiger partial charge in [-0.05, 0) is 43.5 Å². The molecule has 3 heterocycles. The third kappa shape index (κ3) is 3.72. The van der Waals surface area contributed by atoms with Gasteiger partial charge in [-0.3, -0.25) is 4.79 Å². The van der Waals surface area contributed by atoms with Gasteiger partial charge in [0.1, 0.15) is 5.75 Å². The van der Waals surface area contributed by atoms with Gasteiger partial charge in [-0.15, -0.1) is 11.3 Å². The van der Waals surface area contributed by atoms with Crippen LogP contribution >= 0.6 is 11.3 Å². The third-order valence-corrected chi connectivity index (χ3v) is 6.75. The molecule has 0 N–H and O–H groups in total. The number of hydrogen-bond donors (Lipinski definition) is 0. The zero-order valence-corrected chi connectivity index (χ0v) is 18.4. The maximum Gasteiger partial charge on any atom is 0.223 e. The Balaban J connectivity index is 1.52. The van der Waals surface area contributed by atoms with Gasteiger partial charge in [-0.25, -0.2) is 4.98 Å². The maximum atomic E-state index is 13.1. The maximum absolute atomic E-state index is 13.1. The smallest absolute Gasteiger partial charge is 0.223 e. The molecule has 5 nitrogen and oxygen atoms in total. The first-order valence-corrected chi connectivity index (χ1v) is 11.4. The highest BCUT2D eigenvalue weighted by Crippen LogP contribution is 2.42. The molecule has 5 rings (SSSR count). The van der Waals surface area contributed by atoms with Crippen molar-refractivity contribution in [2.24, 2.45) is 0 Å². The second kappa shape index (κ2) is 8.19. The van der Waals surface area contributed by atoms with Gasteiger partial charge in [0, 0.05) is 40.2 Å². The number of carbonyl (C=O) groups is 1. The molecular formula is C25H24N2O3S. The predicted octanol–water partition coefficient (Wildman–Crippen LogP) is 6.13. The summed E-state index contributed by atoms with van der Waals surface area (Å²) in [4.78, 5) is 19.7. The lowest BCUT2D eigenvalue weighted by Crippen LogP contribution is -2.37. The van der Waals surface area contributed by atoms with Crippen LogP contribution in [0.5, 0.6) is 5.75 Å². The molecule has 0 radical (unpaired) electrons. The summed E-state index contributed by atoms with van der Waals surface area (Å²) in [7, 11) is 1.68. The Labute approximate surface area is 185 Å². The summed E-state index contributed by atoms with van der Waals surface area (Å²) in [5, 5.41) is 5.16. The Morgan fingerprint density at radius 2 is 2.16 bits per heavy atom. The van der Waals surface area contributed by atoms with Crippen LogP contribution in [0, 0.1) is 6.92 Å². The largest absolute Gasteiger partial charge is 0.496 e. The minimum Gasteiger partial charge on any atom is -0.496 e. The molecule has 2 aromatic heterocycles. The average molecular weight is 433 g/mol. The molecule has 6 heteroatoms. The molecule has 1 saturated heterocycles. The quantitative estimate of drug-likeness (QED) is 0.381. The summed E-state index contributed by atoms with van der Waals surface area (Å²) in [6, 6.07) is 12.2. The molecule has 1 aliphatic rings. The van der Waals surface area contributed by atoms with Crippen LogP contribution in [0.2, 0.25) is 0 Å². The summed E-state index contributed by atoms with van der Waals surface area (Å²) in [5.41, 5.74) is 4.20. The molecule has 1 fully saturated rings. The number of likely N-dealkylation sites (tertiary alicyclic amines) is 1. The van der Waals surface area contributed by atoms with Crippen molar-refractivity contribution in [3.8, 4) is 17.0 Å². The number of nitrogens with zero attached hydrogens (tertiary/aromatic N) is 2. The average Bonchev–Trinajstić information content (AvgIpc) is 3.43. The molecule has 0 saturated carbocycles. The van der Waals surface area contributed by atoms with Crippen LogP contribution in [-0.2, 0) is 11.3 Å². The van der Waals surface area contributed by atoms with Crippen molar-refractivity contribution in [1.82, 2.24) is 9.88 Å². The second-order valence-electron chi connectivity index (χ2n) is 7.94. The number of thiazole rings is 1. The third-order valence-electron chi connectivity index (χ3n) is 5.97. The minimum atomic E-state index is -0.0531. The Hall–Kier alpha value is -3.12. The second-order valence-corrected chi connectivity index (χ2v) is 9.00. The first-order valence-electron chi connectivity index (χ1n) is 10.5. The van der Waals surface area contributed by atoms with E-state index in [9.17, 15) is 4.79 Å². The van der Waals surface area contributed by atoms with Gasteiger partial charge < -0.3 is 14.1 Å². The van der Waals surface area contributed by atoms with E-state index in [0.717, 1.165) is 56.8 Å². The Morgan fingerprint density at radius 3 is 2.97 bits per heavy atom. The fraction of sp³-hybridized carbons (Fsp3) is 0.280. The van der Waals surface area contributed by atoms with Crippen LogP contribution in [0.15, 0.2) is 58.7 Å². The first-order chi connectivity index (χ1) is 15.1. The molecule has 1 amide bonds. The zero-order valence-electron chi connectivity index (χ0n) is 17.6. The number of ether oxygens (including phenoxy) is 1. The molecule has 0 spiro atoms. The number of furan rings is 1. The summed E-state index contributed by atoms with van der Waals surface area (Å²) in [6.07, 6.45) is 5.85. The van der Waals surface area contributed by atoms with Gasteiger partial charge in [0.2, 0.25) is 5.91 Å². The van der Waals surface area contributed by atoms with Gasteiger partial charge in [0.15, 0.2) is 0 Å². The number of amides is 1. The number of hydrogen-bond acceptors (Lipinski definition) is 5. The van der Waals surface area contributed by atoms with Crippen LogP contribution in [-0.4, -0.2) is 22.9 Å². The number of aryl methyl sites for hydroxylation is 1. The highest BCUT2D eigenvalue weighted by atomic mass is 32.1. The summed E-state index contributed by atoms with van der Waals surface area (Å²) in [6.45, 7) is 2.57. The van der Waals surface area contributed by atoms with Crippen molar-refractivity contribution in [2.45, 2.75) is 38.8 Å². The van der Waals surface area contributed by atoms with Crippen molar-refractivity contribution in [2.75, 3.05) is 7.11 Å². The van der Waals surface area contributed by atoms with Crippen LogP contribution in [0.1, 0.15) is 41.4 Å². The molecular weight excluding hydrogens is 408 g/mol. The lowest BCUT2D eigenvalue weighted by atomic mass is 9.91.